The first-order valence-electron chi connectivity index (χ1n) is 3.53. The zero-order valence-electron chi connectivity index (χ0n) is 6.81. The molecular weight excluding hydrogens is 136 g/mol. The number of nitrogens with two attached hydrogens (primary N) is 1. The molecule has 1 aromatic rings. The molecule has 0 aliphatic rings. The van der Waals surface area contributed by atoms with E-state index in [4.69, 9.17) is 11.1 Å². The lowest BCUT2D eigenvalue weighted by molar-refractivity contribution is 1.42. The summed E-state index contributed by atoms with van der Waals surface area (Å²) in [5, 5.41) is 7.35. The van der Waals surface area contributed by atoms with Gasteiger partial charge in [0.15, 0.2) is 0 Å². The minimum Gasteiger partial charge on any atom is -0.398 e. The van der Waals surface area contributed by atoms with E-state index in [1.807, 2.05) is 25.1 Å². The number of hydrogen-bond donors (Lipinski definition) is 2. The maximum absolute atomic E-state index is 7.35. The lowest BCUT2D eigenvalue weighted by Crippen LogP contribution is -1.96. The summed E-state index contributed by atoms with van der Waals surface area (Å²) in [6.07, 6.45) is 0. The molecule has 0 atom stereocenters. The molecule has 0 fully saturated rings. The van der Waals surface area contributed by atoms with Gasteiger partial charge in [-0.15, -0.1) is 0 Å². The Balaban J connectivity index is 0.00000121. The largest absolute Gasteiger partial charge is 0.398 e. The van der Waals surface area contributed by atoms with Crippen LogP contribution in [0.5, 0.6) is 0 Å². The second-order valence-electron chi connectivity index (χ2n) is 2.70. The Labute approximate surface area is 68.0 Å². The van der Waals surface area contributed by atoms with Gasteiger partial charge >= 0.3 is 0 Å². The van der Waals surface area contributed by atoms with Crippen molar-refractivity contribution in [2.24, 2.45) is 0 Å². The van der Waals surface area contributed by atoms with Crippen LogP contribution in [0.4, 0.5) is 5.69 Å². The van der Waals surface area contributed by atoms with Crippen LogP contribution in [-0.4, -0.2) is 5.71 Å². The third kappa shape index (κ3) is 1.58. The first-order valence-corrected chi connectivity index (χ1v) is 3.53. The Morgan fingerprint density at radius 3 is 2.64 bits per heavy atom. The van der Waals surface area contributed by atoms with Gasteiger partial charge in [0.2, 0.25) is 0 Å². The van der Waals surface area contributed by atoms with Crippen LogP contribution in [0.3, 0.4) is 0 Å². The number of rotatable bonds is 1. The highest BCUT2D eigenvalue weighted by Crippen LogP contribution is 2.12. The van der Waals surface area contributed by atoms with E-state index in [0.717, 1.165) is 16.8 Å². The summed E-state index contributed by atoms with van der Waals surface area (Å²) >= 11 is 0. The second kappa shape index (κ2) is 2.74. The van der Waals surface area contributed by atoms with Crippen molar-refractivity contribution in [2.45, 2.75) is 13.8 Å². The Kier molecular flexibility index (Phi) is 1.94. The number of aryl methyl sites for hydroxylation is 1. The van der Waals surface area contributed by atoms with E-state index in [2.05, 4.69) is 0 Å². The van der Waals surface area contributed by atoms with E-state index >= 15 is 0 Å². The van der Waals surface area contributed by atoms with Crippen molar-refractivity contribution >= 4 is 11.4 Å². The molecule has 2 heteroatoms. The molecular formula is C9H14N2. The summed E-state index contributed by atoms with van der Waals surface area (Å²) in [6.45, 7) is 3.71. The number of benzene rings is 1. The molecule has 0 unspecified atom stereocenters. The van der Waals surface area contributed by atoms with E-state index in [-0.39, 0.29) is 1.43 Å². The molecule has 0 bridgehead atoms. The molecule has 1 rings (SSSR count). The van der Waals surface area contributed by atoms with Crippen LogP contribution in [0.1, 0.15) is 19.5 Å². The molecule has 0 spiro atoms. The van der Waals surface area contributed by atoms with Crippen molar-refractivity contribution in [2.75, 3.05) is 5.73 Å². The molecule has 2 nitrogen and oxygen atoms in total. The highest BCUT2D eigenvalue weighted by Gasteiger charge is 1.97. The fraction of sp³-hybridized carbons (Fsp3) is 0.222. The summed E-state index contributed by atoms with van der Waals surface area (Å²) in [7, 11) is 0. The average molecular weight is 150 g/mol. The van der Waals surface area contributed by atoms with E-state index in [0.29, 0.717) is 5.71 Å². The van der Waals surface area contributed by atoms with Gasteiger partial charge in [0.05, 0.1) is 0 Å². The Morgan fingerprint density at radius 1 is 1.55 bits per heavy atom. The third-order valence-electron chi connectivity index (χ3n) is 1.71. The summed E-state index contributed by atoms with van der Waals surface area (Å²) in [5.41, 5.74) is 8.93. The standard InChI is InChI=1S/C9H12N2.H2/c1-6-3-4-8(7(2)10)5-9(6)11;/h3-5,10H,11H2,1-2H3;1H. The van der Waals surface area contributed by atoms with Gasteiger partial charge in [0, 0.05) is 12.8 Å². The summed E-state index contributed by atoms with van der Waals surface area (Å²) in [4.78, 5) is 0. The number of anilines is 1. The highest BCUT2D eigenvalue weighted by molar-refractivity contribution is 5.97. The van der Waals surface area contributed by atoms with Crippen LogP contribution >= 0.6 is 0 Å². The molecule has 0 saturated carbocycles. The molecule has 0 amide bonds. The van der Waals surface area contributed by atoms with Gasteiger partial charge in [-0.1, -0.05) is 12.1 Å². The van der Waals surface area contributed by atoms with E-state index < -0.39 is 0 Å². The fourth-order valence-electron chi connectivity index (χ4n) is 0.874. The van der Waals surface area contributed by atoms with E-state index in [1.165, 1.54) is 0 Å². The van der Waals surface area contributed by atoms with Crippen LogP contribution in [0, 0.1) is 12.3 Å². The Morgan fingerprint density at radius 2 is 2.18 bits per heavy atom. The molecule has 0 aliphatic heterocycles. The first-order chi connectivity index (χ1) is 5.11. The molecule has 11 heavy (non-hydrogen) atoms. The van der Waals surface area contributed by atoms with Gasteiger partial charge in [0.1, 0.15) is 0 Å². The van der Waals surface area contributed by atoms with Crippen LogP contribution in [0.25, 0.3) is 0 Å². The van der Waals surface area contributed by atoms with Crippen molar-refractivity contribution in [1.29, 1.82) is 5.41 Å². The van der Waals surface area contributed by atoms with Crippen LogP contribution < -0.4 is 5.73 Å². The number of hydrogen-bond acceptors (Lipinski definition) is 2. The topological polar surface area (TPSA) is 49.9 Å². The molecule has 0 aromatic heterocycles. The van der Waals surface area contributed by atoms with Gasteiger partial charge in [-0.05, 0) is 31.0 Å². The zero-order chi connectivity index (χ0) is 8.43. The van der Waals surface area contributed by atoms with Crippen LogP contribution in [-0.2, 0) is 0 Å². The third-order valence-corrected chi connectivity index (χ3v) is 1.71. The molecule has 0 aliphatic carbocycles. The average Bonchev–Trinajstić information content (AvgIpc) is 1.94. The molecule has 0 heterocycles. The van der Waals surface area contributed by atoms with Gasteiger partial charge in [-0.3, -0.25) is 0 Å². The van der Waals surface area contributed by atoms with Gasteiger partial charge < -0.3 is 11.1 Å². The molecule has 0 saturated heterocycles. The van der Waals surface area contributed by atoms with E-state index in [1.54, 1.807) is 6.92 Å². The molecule has 1 aromatic carbocycles. The number of nitrogen functional groups attached to an aromatic ring is 1. The predicted molar refractivity (Wildman–Crippen MR) is 50.2 cm³/mol. The van der Waals surface area contributed by atoms with Crippen LogP contribution in [0.2, 0.25) is 0 Å². The van der Waals surface area contributed by atoms with E-state index in [9.17, 15) is 0 Å². The SMILES string of the molecule is CC(=N)c1ccc(C)c(N)c1.[HH]. The van der Waals surface area contributed by atoms with Crippen molar-refractivity contribution in [3.63, 3.8) is 0 Å². The van der Waals surface area contributed by atoms with Crippen molar-refractivity contribution < 1.29 is 1.43 Å². The first kappa shape index (κ1) is 7.79. The highest BCUT2D eigenvalue weighted by atomic mass is 14.6. The predicted octanol–water partition coefficient (Wildman–Crippen LogP) is 2.21. The van der Waals surface area contributed by atoms with Crippen molar-refractivity contribution in [3.05, 3.63) is 29.3 Å². The maximum Gasteiger partial charge on any atom is 0.0355 e. The fourth-order valence-corrected chi connectivity index (χ4v) is 0.874. The van der Waals surface area contributed by atoms with Gasteiger partial charge in [0.25, 0.3) is 0 Å². The summed E-state index contributed by atoms with van der Waals surface area (Å²) in [5.74, 6) is 0. The smallest absolute Gasteiger partial charge is 0.0355 e. The normalized spacial score (nSPS) is 9.64. The van der Waals surface area contributed by atoms with Crippen molar-refractivity contribution in [1.82, 2.24) is 0 Å². The van der Waals surface area contributed by atoms with Crippen LogP contribution in [0.15, 0.2) is 18.2 Å². The quantitative estimate of drug-likeness (QED) is 0.468. The minimum atomic E-state index is 0. The van der Waals surface area contributed by atoms with Gasteiger partial charge in [-0.25, -0.2) is 0 Å². The number of nitrogens with one attached hydrogen (secondary N) is 1. The zero-order valence-corrected chi connectivity index (χ0v) is 6.81. The maximum atomic E-state index is 7.35. The van der Waals surface area contributed by atoms with Gasteiger partial charge in [-0.2, -0.15) is 0 Å². The molecule has 60 valence electrons. The lowest BCUT2D eigenvalue weighted by atomic mass is 10.1. The summed E-state index contributed by atoms with van der Waals surface area (Å²) in [6, 6.07) is 5.68. The Hall–Kier alpha value is -1.31. The van der Waals surface area contributed by atoms with Crippen molar-refractivity contribution in [3.8, 4) is 0 Å². The Bertz CT molecular complexity index is 295. The summed E-state index contributed by atoms with van der Waals surface area (Å²) < 4.78 is 0. The second-order valence-corrected chi connectivity index (χ2v) is 2.70. The molecule has 3 N–H and O–H groups in total. The lowest BCUT2D eigenvalue weighted by Gasteiger charge is -2.02. The molecule has 0 radical (unpaired) electrons. The monoisotopic (exact) mass is 150 g/mol. The minimum absolute atomic E-state index is 0.